The van der Waals surface area contributed by atoms with E-state index in [4.69, 9.17) is 0 Å². The maximum atomic E-state index is 11.2. The maximum absolute atomic E-state index is 11.2. The Labute approximate surface area is 124 Å². The molecule has 3 N–H and O–H groups in total. The summed E-state index contributed by atoms with van der Waals surface area (Å²) in [4.78, 5) is 0. The molecule has 0 aliphatic carbocycles. The second kappa shape index (κ2) is 6.37. The zero-order chi connectivity index (χ0) is 14.6. The summed E-state index contributed by atoms with van der Waals surface area (Å²) in [5.74, 6) is 1.61. The Morgan fingerprint density at radius 3 is 2.70 bits per heavy atom. The fraction of sp³-hybridized carbons (Fsp3) is 0.500. The number of thioether (sulfide) groups is 1. The van der Waals surface area contributed by atoms with E-state index < -0.39 is 10.2 Å². The molecule has 0 atom stereocenters. The van der Waals surface area contributed by atoms with E-state index in [0.717, 1.165) is 11.7 Å². The third-order valence-electron chi connectivity index (χ3n) is 2.19. The molecule has 1 aliphatic heterocycles. The summed E-state index contributed by atoms with van der Waals surface area (Å²) in [7, 11) is -2.17. The van der Waals surface area contributed by atoms with E-state index >= 15 is 0 Å². The molecule has 1 aliphatic rings. The third kappa shape index (κ3) is 3.80. The van der Waals surface area contributed by atoms with Gasteiger partial charge in [-0.3, -0.25) is 0 Å². The lowest BCUT2D eigenvalue weighted by Gasteiger charge is -2.06. The molecule has 2 heterocycles. The number of nitrogens with zero attached hydrogens (tertiary/aromatic N) is 4. The van der Waals surface area contributed by atoms with Gasteiger partial charge in [0.15, 0.2) is 11.7 Å². The number of aromatic hydroxyl groups is 1. The summed E-state index contributed by atoms with van der Waals surface area (Å²) in [6.45, 7) is 0.512. The average molecular weight is 336 g/mol. The summed E-state index contributed by atoms with van der Waals surface area (Å²) in [5, 5.41) is 14.9. The van der Waals surface area contributed by atoms with Gasteiger partial charge < -0.3 is 15.7 Å². The van der Waals surface area contributed by atoms with Gasteiger partial charge in [0.2, 0.25) is 5.88 Å². The van der Waals surface area contributed by atoms with Crippen LogP contribution >= 0.6 is 23.5 Å². The Morgan fingerprint density at radius 1 is 1.30 bits per heavy atom. The van der Waals surface area contributed by atoms with Crippen LogP contribution in [0.2, 0.25) is 0 Å². The number of rotatable bonds is 5. The highest BCUT2D eigenvalue weighted by Gasteiger charge is 2.22. The number of likely N-dealkylation sites (N-methyl/N-ethyl adjacent to an activating group) is 1. The standard InChI is InChI=1S/C8H12N6O3S3/c1-9-6-7(14-20(16,17)13-6)10-2-3-18-4-5-8(15)12-19-11-5/h2-4H2,1H3,(H,9,13)(H,10,14)(H,12,15). The average Bonchev–Trinajstić information content (AvgIpc) is 2.92. The predicted molar refractivity (Wildman–Crippen MR) is 78.6 cm³/mol. The molecule has 9 nitrogen and oxygen atoms in total. The van der Waals surface area contributed by atoms with Crippen molar-refractivity contribution in [2.24, 2.45) is 8.80 Å². The highest BCUT2D eigenvalue weighted by molar-refractivity contribution is 7.98. The third-order valence-corrected chi connectivity index (χ3v) is 4.54. The molecule has 2 rings (SSSR count). The highest BCUT2D eigenvalue weighted by atomic mass is 32.2. The predicted octanol–water partition coefficient (Wildman–Crippen LogP) is -0.659. The van der Waals surface area contributed by atoms with Crippen molar-refractivity contribution in [3.05, 3.63) is 5.69 Å². The molecule has 0 spiro atoms. The minimum Gasteiger partial charge on any atom is -0.491 e. The van der Waals surface area contributed by atoms with E-state index in [2.05, 4.69) is 28.2 Å². The molecule has 0 fully saturated rings. The zero-order valence-electron chi connectivity index (χ0n) is 10.4. The Balaban J connectivity index is 1.74. The van der Waals surface area contributed by atoms with Crippen molar-refractivity contribution in [2.75, 3.05) is 19.3 Å². The molecule has 12 heteroatoms. The summed E-state index contributed by atoms with van der Waals surface area (Å²) >= 11 is 2.50. The fourth-order valence-electron chi connectivity index (χ4n) is 1.32. The number of aromatic nitrogens is 2. The van der Waals surface area contributed by atoms with Crippen molar-refractivity contribution in [1.82, 2.24) is 19.4 Å². The van der Waals surface area contributed by atoms with E-state index in [1.807, 2.05) is 0 Å². The molecule has 0 unspecified atom stereocenters. The first-order chi connectivity index (χ1) is 9.52. The lowest BCUT2D eigenvalue weighted by atomic mass is 10.5. The van der Waals surface area contributed by atoms with Gasteiger partial charge in [-0.2, -0.15) is 24.6 Å². The van der Waals surface area contributed by atoms with Crippen LogP contribution < -0.4 is 10.6 Å². The van der Waals surface area contributed by atoms with Gasteiger partial charge in [0.25, 0.3) is 0 Å². The molecule has 0 aromatic carbocycles. The number of amidine groups is 2. The quantitative estimate of drug-likeness (QED) is 0.605. The van der Waals surface area contributed by atoms with Gasteiger partial charge in [0.05, 0.1) is 11.7 Å². The molecule has 20 heavy (non-hydrogen) atoms. The van der Waals surface area contributed by atoms with Crippen LogP contribution in [-0.4, -0.2) is 53.3 Å². The van der Waals surface area contributed by atoms with E-state index in [-0.39, 0.29) is 17.6 Å². The normalized spacial score (nSPS) is 16.6. The first-order valence-electron chi connectivity index (χ1n) is 5.47. The minimum atomic E-state index is -3.75. The number of hydrogen-bond donors (Lipinski definition) is 3. The molecule has 110 valence electrons. The van der Waals surface area contributed by atoms with Crippen LogP contribution in [0, 0.1) is 0 Å². The largest absolute Gasteiger partial charge is 0.491 e. The van der Waals surface area contributed by atoms with E-state index in [1.54, 1.807) is 7.05 Å². The van der Waals surface area contributed by atoms with Gasteiger partial charge in [0.1, 0.15) is 5.69 Å². The fourth-order valence-corrected chi connectivity index (χ4v) is 3.48. The first kappa shape index (κ1) is 15.0. The van der Waals surface area contributed by atoms with Crippen molar-refractivity contribution < 1.29 is 13.5 Å². The first-order valence-corrected chi connectivity index (χ1v) is 8.75. The Hall–Kier alpha value is -1.40. The summed E-state index contributed by atoms with van der Waals surface area (Å²) in [6.07, 6.45) is 0. The highest BCUT2D eigenvalue weighted by Crippen LogP contribution is 2.18. The Kier molecular flexibility index (Phi) is 4.77. The van der Waals surface area contributed by atoms with Crippen molar-refractivity contribution in [3.63, 3.8) is 0 Å². The lowest BCUT2D eigenvalue weighted by Crippen LogP contribution is -2.37. The molecule has 0 saturated heterocycles. The Morgan fingerprint density at radius 2 is 2.05 bits per heavy atom. The maximum Gasteiger partial charge on any atom is 0.367 e. The van der Waals surface area contributed by atoms with Crippen LogP contribution in [0.15, 0.2) is 8.80 Å². The van der Waals surface area contributed by atoms with E-state index in [1.165, 1.54) is 11.8 Å². The SMILES string of the molecule is CNC1=NS(=O)(=O)N=C1NCCSCc1nsnc1O. The second-order valence-corrected chi connectivity index (χ2v) is 6.49. The van der Waals surface area contributed by atoms with Gasteiger partial charge >= 0.3 is 10.2 Å². The monoisotopic (exact) mass is 336 g/mol. The van der Waals surface area contributed by atoms with Crippen molar-refractivity contribution >= 4 is 45.4 Å². The zero-order valence-corrected chi connectivity index (χ0v) is 12.8. The van der Waals surface area contributed by atoms with E-state index in [9.17, 15) is 13.5 Å². The van der Waals surface area contributed by atoms with Gasteiger partial charge in [-0.1, -0.05) is 0 Å². The molecule has 1 aromatic rings. The van der Waals surface area contributed by atoms with Crippen molar-refractivity contribution in [2.45, 2.75) is 5.75 Å². The van der Waals surface area contributed by atoms with Gasteiger partial charge in [0, 0.05) is 25.1 Å². The summed E-state index contributed by atoms with van der Waals surface area (Å²) in [5.41, 5.74) is 0.554. The molecule has 0 bridgehead atoms. The molecule has 1 aromatic heterocycles. The van der Waals surface area contributed by atoms with Gasteiger partial charge in [-0.15, -0.1) is 13.2 Å². The molecular weight excluding hydrogens is 324 g/mol. The molecule has 0 radical (unpaired) electrons. The van der Waals surface area contributed by atoms with Crippen molar-refractivity contribution in [1.29, 1.82) is 0 Å². The van der Waals surface area contributed by atoms with Crippen LogP contribution in [0.3, 0.4) is 0 Å². The summed E-state index contributed by atoms with van der Waals surface area (Å²) < 4.78 is 36.9. The molecule has 0 amide bonds. The summed E-state index contributed by atoms with van der Waals surface area (Å²) in [6, 6.07) is 0. The van der Waals surface area contributed by atoms with Crippen LogP contribution in [0.4, 0.5) is 0 Å². The topological polar surface area (TPSA) is 129 Å². The van der Waals surface area contributed by atoms with E-state index in [0.29, 0.717) is 23.7 Å². The van der Waals surface area contributed by atoms with Crippen LogP contribution in [-0.2, 0) is 16.0 Å². The van der Waals surface area contributed by atoms with Crippen LogP contribution in [0.25, 0.3) is 0 Å². The van der Waals surface area contributed by atoms with Crippen LogP contribution in [0.1, 0.15) is 5.69 Å². The molecular formula is C8H12N6O3S3. The second-order valence-electron chi connectivity index (χ2n) is 3.59. The lowest BCUT2D eigenvalue weighted by molar-refractivity contribution is 0.453. The molecule has 0 saturated carbocycles. The minimum absolute atomic E-state index is 0.0358. The van der Waals surface area contributed by atoms with Crippen LogP contribution in [0.5, 0.6) is 5.88 Å². The van der Waals surface area contributed by atoms with Gasteiger partial charge in [-0.05, 0) is 0 Å². The smallest absolute Gasteiger partial charge is 0.367 e. The number of nitrogens with one attached hydrogen (secondary N) is 2. The number of hydrogen-bond acceptors (Lipinski definition) is 9. The Bertz CT molecular complexity index is 638. The van der Waals surface area contributed by atoms with Gasteiger partial charge in [-0.25, -0.2) is 0 Å². The van der Waals surface area contributed by atoms with Crippen molar-refractivity contribution in [3.8, 4) is 5.88 Å².